The topological polar surface area (TPSA) is 38.3 Å². The van der Waals surface area contributed by atoms with Gasteiger partial charge in [0.1, 0.15) is 0 Å². The quantitative estimate of drug-likeness (QED) is 0.639. The van der Waals surface area contributed by atoms with Crippen molar-refractivity contribution in [3.8, 4) is 0 Å². The van der Waals surface area contributed by atoms with Crippen molar-refractivity contribution in [1.29, 1.82) is 0 Å². The van der Waals surface area contributed by atoms with E-state index in [0.29, 0.717) is 5.56 Å². The van der Waals surface area contributed by atoms with E-state index in [4.69, 9.17) is 4.74 Å². The van der Waals surface area contributed by atoms with Crippen molar-refractivity contribution in [3.63, 3.8) is 0 Å². The summed E-state index contributed by atoms with van der Waals surface area (Å²) < 4.78 is 5.21. The first-order valence-electron chi connectivity index (χ1n) is 4.60. The SMILES string of the molecule is Cc1ccc2c(c1)C(=O)OC(C)(C)N2. The van der Waals surface area contributed by atoms with Crippen LogP contribution < -0.4 is 5.32 Å². The molecular formula is C11H13NO2. The average molecular weight is 191 g/mol. The summed E-state index contributed by atoms with van der Waals surface area (Å²) in [5, 5.41) is 3.15. The Morgan fingerprint density at radius 2 is 2.07 bits per heavy atom. The number of carbonyl (C=O) groups excluding carboxylic acids is 1. The number of fused-ring (bicyclic) bond motifs is 1. The number of rotatable bonds is 0. The molecule has 1 N–H and O–H groups in total. The van der Waals surface area contributed by atoms with E-state index in [0.717, 1.165) is 11.3 Å². The number of ether oxygens (including phenoxy) is 1. The predicted octanol–water partition coefficient (Wildman–Crippen LogP) is 2.31. The molecule has 1 aromatic carbocycles. The lowest BCUT2D eigenvalue weighted by Gasteiger charge is -2.33. The highest BCUT2D eigenvalue weighted by Crippen LogP contribution is 2.28. The predicted molar refractivity (Wildman–Crippen MR) is 54.3 cm³/mol. The first kappa shape index (κ1) is 9.06. The second-order valence-corrected chi connectivity index (χ2v) is 4.07. The molecule has 1 aromatic rings. The third kappa shape index (κ3) is 1.45. The molecule has 74 valence electrons. The number of aryl methyl sites for hydroxylation is 1. The van der Waals surface area contributed by atoms with Crippen LogP contribution in [0, 0.1) is 6.92 Å². The fourth-order valence-electron chi connectivity index (χ4n) is 1.57. The van der Waals surface area contributed by atoms with Crippen LogP contribution in [0.4, 0.5) is 5.69 Å². The fraction of sp³-hybridized carbons (Fsp3) is 0.364. The third-order valence-electron chi connectivity index (χ3n) is 2.18. The van der Waals surface area contributed by atoms with Crippen LogP contribution in [0.2, 0.25) is 0 Å². The standard InChI is InChI=1S/C11H13NO2/c1-7-4-5-9-8(6-7)10(13)14-11(2,3)12-9/h4-6,12H,1-3H3. The number of hydrogen-bond acceptors (Lipinski definition) is 3. The summed E-state index contributed by atoms with van der Waals surface area (Å²) in [5.41, 5.74) is 1.91. The van der Waals surface area contributed by atoms with Crippen molar-refractivity contribution >= 4 is 11.7 Å². The highest BCUT2D eigenvalue weighted by Gasteiger charge is 2.31. The lowest BCUT2D eigenvalue weighted by molar-refractivity contribution is 0.00699. The second kappa shape index (κ2) is 2.74. The van der Waals surface area contributed by atoms with Gasteiger partial charge in [0.15, 0.2) is 5.72 Å². The molecule has 0 radical (unpaired) electrons. The van der Waals surface area contributed by atoms with Crippen molar-refractivity contribution in [2.24, 2.45) is 0 Å². The molecule has 3 heteroatoms. The zero-order chi connectivity index (χ0) is 10.3. The largest absolute Gasteiger partial charge is 0.436 e. The number of esters is 1. The minimum Gasteiger partial charge on any atom is -0.436 e. The van der Waals surface area contributed by atoms with Crippen molar-refractivity contribution < 1.29 is 9.53 Å². The van der Waals surface area contributed by atoms with Gasteiger partial charge in [-0.2, -0.15) is 0 Å². The molecule has 0 aromatic heterocycles. The molecule has 0 atom stereocenters. The summed E-state index contributed by atoms with van der Waals surface area (Å²) in [5.74, 6) is -0.257. The van der Waals surface area contributed by atoms with Gasteiger partial charge in [-0.1, -0.05) is 11.6 Å². The van der Waals surface area contributed by atoms with E-state index in [1.807, 2.05) is 39.0 Å². The van der Waals surface area contributed by atoms with Gasteiger partial charge < -0.3 is 10.1 Å². The Morgan fingerprint density at radius 3 is 2.79 bits per heavy atom. The third-order valence-corrected chi connectivity index (χ3v) is 2.18. The number of carbonyl (C=O) groups is 1. The van der Waals surface area contributed by atoms with Crippen LogP contribution in [-0.4, -0.2) is 11.7 Å². The molecule has 2 rings (SSSR count). The van der Waals surface area contributed by atoms with Crippen LogP contribution in [0.5, 0.6) is 0 Å². The van der Waals surface area contributed by atoms with Gasteiger partial charge in [-0.05, 0) is 32.9 Å². The summed E-state index contributed by atoms with van der Waals surface area (Å²) in [7, 11) is 0. The van der Waals surface area contributed by atoms with E-state index >= 15 is 0 Å². The summed E-state index contributed by atoms with van der Waals surface area (Å²) in [6, 6.07) is 5.72. The van der Waals surface area contributed by atoms with Crippen LogP contribution >= 0.6 is 0 Å². The lowest BCUT2D eigenvalue weighted by Crippen LogP contribution is -2.41. The number of hydrogen-bond donors (Lipinski definition) is 1. The molecule has 0 bridgehead atoms. The van der Waals surface area contributed by atoms with Gasteiger partial charge in [-0.25, -0.2) is 4.79 Å². The fourth-order valence-corrected chi connectivity index (χ4v) is 1.57. The zero-order valence-corrected chi connectivity index (χ0v) is 8.55. The van der Waals surface area contributed by atoms with Crippen molar-refractivity contribution in [1.82, 2.24) is 0 Å². The maximum absolute atomic E-state index is 11.6. The van der Waals surface area contributed by atoms with Crippen molar-refractivity contribution in [2.45, 2.75) is 26.5 Å². The number of benzene rings is 1. The van der Waals surface area contributed by atoms with Gasteiger partial charge in [0.05, 0.1) is 11.3 Å². The molecule has 0 fully saturated rings. The van der Waals surface area contributed by atoms with E-state index in [1.165, 1.54) is 0 Å². The van der Waals surface area contributed by atoms with E-state index in [1.54, 1.807) is 0 Å². The summed E-state index contributed by atoms with van der Waals surface area (Å²) in [6.07, 6.45) is 0. The average Bonchev–Trinajstić information content (AvgIpc) is 2.05. The Balaban J connectivity index is 2.50. The molecule has 0 spiro atoms. The summed E-state index contributed by atoms with van der Waals surface area (Å²) in [6.45, 7) is 5.61. The molecule has 1 aliphatic rings. The Hall–Kier alpha value is -1.51. The normalized spacial score (nSPS) is 18.1. The monoisotopic (exact) mass is 191 g/mol. The van der Waals surface area contributed by atoms with Gasteiger partial charge in [0.2, 0.25) is 0 Å². The summed E-state index contributed by atoms with van der Waals surface area (Å²) in [4.78, 5) is 11.6. The minimum atomic E-state index is -0.612. The molecule has 0 saturated heterocycles. The van der Waals surface area contributed by atoms with Crippen LogP contribution in [0.1, 0.15) is 29.8 Å². The minimum absolute atomic E-state index is 0.257. The van der Waals surface area contributed by atoms with Crippen LogP contribution in [0.3, 0.4) is 0 Å². The van der Waals surface area contributed by atoms with E-state index < -0.39 is 5.72 Å². The maximum atomic E-state index is 11.6. The smallest absolute Gasteiger partial charge is 0.342 e. The van der Waals surface area contributed by atoms with E-state index in [9.17, 15) is 4.79 Å². The Morgan fingerprint density at radius 1 is 1.36 bits per heavy atom. The van der Waals surface area contributed by atoms with E-state index in [-0.39, 0.29) is 5.97 Å². The Kier molecular flexibility index (Phi) is 1.77. The van der Waals surface area contributed by atoms with Crippen LogP contribution in [0.15, 0.2) is 18.2 Å². The molecule has 0 aliphatic carbocycles. The molecule has 14 heavy (non-hydrogen) atoms. The molecule has 1 aliphatic heterocycles. The molecular weight excluding hydrogens is 178 g/mol. The molecule has 3 nitrogen and oxygen atoms in total. The highest BCUT2D eigenvalue weighted by molar-refractivity contribution is 5.97. The van der Waals surface area contributed by atoms with Crippen molar-refractivity contribution in [2.75, 3.05) is 5.32 Å². The van der Waals surface area contributed by atoms with Crippen molar-refractivity contribution in [3.05, 3.63) is 29.3 Å². The van der Waals surface area contributed by atoms with Gasteiger partial charge in [0.25, 0.3) is 0 Å². The number of cyclic esters (lactones) is 1. The molecule has 0 amide bonds. The second-order valence-electron chi connectivity index (χ2n) is 4.07. The summed E-state index contributed by atoms with van der Waals surface area (Å²) >= 11 is 0. The van der Waals surface area contributed by atoms with Gasteiger partial charge in [-0.15, -0.1) is 0 Å². The zero-order valence-electron chi connectivity index (χ0n) is 8.55. The molecule has 0 saturated carbocycles. The Labute approximate surface area is 83.1 Å². The molecule has 0 unspecified atom stereocenters. The number of nitrogens with one attached hydrogen (secondary N) is 1. The van der Waals surface area contributed by atoms with Gasteiger partial charge in [-0.3, -0.25) is 0 Å². The van der Waals surface area contributed by atoms with Crippen LogP contribution in [-0.2, 0) is 4.74 Å². The van der Waals surface area contributed by atoms with Gasteiger partial charge >= 0.3 is 5.97 Å². The lowest BCUT2D eigenvalue weighted by atomic mass is 10.1. The maximum Gasteiger partial charge on any atom is 0.342 e. The van der Waals surface area contributed by atoms with E-state index in [2.05, 4.69) is 5.32 Å². The van der Waals surface area contributed by atoms with Gasteiger partial charge in [0, 0.05) is 0 Å². The number of anilines is 1. The highest BCUT2D eigenvalue weighted by atomic mass is 16.6. The molecule has 1 heterocycles. The first-order valence-corrected chi connectivity index (χ1v) is 4.60. The first-order chi connectivity index (χ1) is 6.48. The van der Waals surface area contributed by atoms with Crippen LogP contribution in [0.25, 0.3) is 0 Å². The Bertz CT molecular complexity index is 396.